The molecule has 0 aliphatic carbocycles. The van der Waals surface area contributed by atoms with Gasteiger partial charge in [-0.25, -0.2) is 13.2 Å². The molecular formula is C13H11F3O5. The van der Waals surface area contributed by atoms with Crippen molar-refractivity contribution in [1.29, 1.82) is 0 Å². The van der Waals surface area contributed by atoms with Crippen LogP contribution in [0.2, 0.25) is 0 Å². The first-order valence-electron chi connectivity index (χ1n) is 5.74. The maximum absolute atomic E-state index is 14.0. The molecule has 8 heteroatoms. The van der Waals surface area contributed by atoms with Gasteiger partial charge in [-0.2, -0.15) is 0 Å². The van der Waals surface area contributed by atoms with Crippen LogP contribution in [0.25, 0.3) is 0 Å². The van der Waals surface area contributed by atoms with Crippen LogP contribution in [-0.2, 0) is 9.59 Å². The molecule has 0 amide bonds. The van der Waals surface area contributed by atoms with E-state index in [4.69, 9.17) is 10.2 Å². The van der Waals surface area contributed by atoms with Crippen molar-refractivity contribution in [2.45, 2.75) is 12.6 Å². The molecule has 0 bridgehead atoms. The molecule has 2 unspecified atom stereocenters. The second-order valence-corrected chi connectivity index (χ2v) is 4.20. The number of Topliss-reactive ketones (excluding diaryl/α,β-unsaturated/α-hetero) is 1. The SMILES string of the molecule is O=C(c1ccccc1)C(F)C(C(F)F)C(C(=O)O)C(=O)O. The van der Waals surface area contributed by atoms with Crippen LogP contribution in [0.1, 0.15) is 10.4 Å². The van der Waals surface area contributed by atoms with Gasteiger partial charge in [0.15, 0.2) is 17.9 Å². The van der Waals surface area contributed by atoms with E-state index < -0.39 is 42.2 Å². The van der Waals surface area contributed by atoms with Crippen molar-refractivity contribution in [3.63, 3.8) is 0 Å². The number of alkyl halides is 3. The standard InChI is InChI=1S/C13H11F3O5/c14-9(10(17)6-4-2-1-3-5-6)7(11(15)16)8(12(18)19)13(20)21/h1-5,7-9,11H,(H,18,19)(H,20,21). The largest absolute Gasteiger partial charge is 0.481 e. The molecule has 0 spiro atoms. The third-order valence-corrected chi connectivity index (χ3v) is 2.85. The minimum absolute atomic E-state index is 0.245. The van der Waals surface area contributed by atoms with E-state index in [-0.39, 0.29) is 5.56 Å². The number of ketones is 1. The minimum atomic E-state index is -3.62. The van der Waals surface area contributed by atoms with Gasteiger partial charge in [0.25, 0.3) is 0 Å². The average molecular weight is 304 g/mol. The van der Waals surface area contributed by atoms with Crippen molar-refractivity contribution < 1.29 is 37.8 Å². The number of carbonyl (C=O) groups excluding carboxylic acids is 1. The Kier molecular flexibility index (Phi) is 5.45. The molecule has 0 saturated heterocycles. The lowest BCUT2D eigenvalue weighted by Crippen LogP contribution is -2.43. The normalized spacial score (nSPS) is 14.0. The maximum Gasteiger partial charge on any atom is 0.318 e. The van der Waals surface area contributed by atoms with Crippen molar-refractivity contribution in [2.75, 3.05) is 0 Å². The van der Waals surface area contributed by atoms with Crippen LogP contribution in [0.5, 0.6) is 0 Å². The Morgan fingerprint density at radius 1 is 0.905 bits per heavy atom. The zero-order chi connectivity index (χ0) is 16.2. The fourth-order valence-electron chi connectivity index (χ4n) is 1.81. The van der Waals surface area contributed by atoms with Gasteiger partial charge < -0.3 is 10.2 Å². The summed E-state index contributed by atoms with van der Waals surface area (Å²) in [6, 6.07) is 6.56. The number of rotatable bonds is 7. The summed E-state index contributed by atoms with van der Waals surface area (Å²) >= 11 is 0. The molecule has 1 aromatic carbocycles. The summed E-state index contributed by atoms with van der Waals surface area (Å²) in [6.07, 6.45) is -6.56. The van der Waals surface area contributed by atoms with Crippen LogP contribution in [0.15, 0.2) is 30.3 Å². The predicted octanol–water partition coefficient (Wildman–Crippen LogP) is 1.87. The van der Waals surface area contributed by atoms with Gasteiger partial charge in [0.2, 0.25) is 6.43 Å². The fraction of sp³-hybridized carbons (Fsp3) is 0.308. The monoisotopic (exact) mass is 304 g/mol. The number of carboxylic acid groups (broad SMARTS) is 2. The van der Waals surface area contributed by atoms with Gasteiger partial charge in [-0.15, -0.1) is 0 Å². The first-order chi connectivity index (χ1) is 9.77. The van der Waals surface area contributed by atoms with E-state index in [1.54, 1.807) is 0 Å². The summed E-state index contributed by atoms with van der Waals surface area (Å²) in [5.41, 5.74) is -0.245. The molecule has 0 saturated carbocycles. The van der Waals surface area contributed by atoms with Crippen molar-refractivity contribution in [1.82, 2.24) is 0 Å². The van der Waals surface area contributed by atoms with Crippen LogP contribution < -0.4 is 0 Å². The highest BCUT2D eigenvalue weighted by Crippen LogP contribution is 2.29. The molecule has 114 valence electrons. The lowest BCUT2D eigenvalue weighted by molar-refractivity contribution is -0.162. The summed E-state index contributed by atoms with van der Waals surface area (Å²) in [7, 11) is 0. The van der Waals surface area contributed by atoms with Gasteiger partial charge >= 0.3 is 11.9 Å². The minimum Gasteiger partial charge on any atom is -0.481 e. The molecule has 5 nitrogen and oxygen atoms in total. The smallest absolute Gasteiger partial charge is 0.318 e. The molecule has 1 aromatic rings. The highest BCUT2D eigenvalue weighted by Gasteiger charge is 2.48. The van der Waals surface area contributed by atoms with Gasteiger partial charge in [-0.05, 0) is 0 Å². The molecule has 2 atom stereocenters. The van der Waals surface area contributed by atoms with E-state index in [0.29, 0.717) is 0 Å². The topological polar surface area (TPSA) is 91.7 Å². The molecule has 1 rings (SSSR count). The molecule has 2 N–H and O–H groups in total. The first-order valence-corrected chi connectivity index (χ1v) is 5.74. The highest BCUT2D eigenvalue weighted by molar-refractivity contribution is 6.01. The van der Waals surface area contributed by atoms with Gasteiger partial charge in [0.05, 0.1) is 5.92 Å². The van der Waals surface area contributed by atoms with Gasteiger partial charge in [0.1, 0.15) is 0 Å². The van der Waals surface area contributed by atoms with Gasteiger partial charge in [-0.3, -0.25) is 14.4 Å². The average Bonchev–Trinajstić information content (AvgIpc) is 2.42. The van der Waals surface area contributed by atoms with Crippen molar-refractivity contribution in [3.8, 4) is 0 Å². The summed E-state index contributed by atoms with van der Waals surface area (Å²) < 4.78 is 39.8. The van der Waals surface area contributed by atoms with Crippen molar-refractivity contribution in [2.24, 2.45) is 11.8 Å². The summed E-state index contributed by atoms with van der Waals surface area (Å²) in [4.78, 5) is 33.3. The number of halogens is 3. The molecular weight excluding hydrogens is 293 g/mol. The molecule has 0 fully saturated rings. The lowest BCUT2D eigenvalue weighted by atomic mass is 9.85. The van der Waals surface area contributed by atoms with E-state index in [1.807, 2.05) is 0 Å². The van der Waals surface area contributed by atoms with Crippen molar-refractivity contribution in [3.05, 3.63) is 35.9 Å². The Hall–Kier alpha value is -2.38. The van der Waals surface area contributed by atoms with Gasteiger partial charge in [0, 0.05) is 5.56 Å². The Bertz CT molecular complexity index is 518. The first kappa shape index (κ1) is 16.7. The number of hydrogen-bond acceptors (Lipinski definition) is 3. The molecule has 0 radical (unpaired) electrons. The van der Waals surface area contributed by atoms with E-state index in [2.05, 4.69) is 0 Å². The Morgan fingerprint density at radius 3 is 1.76 bits per heavy atom. The molecule has 0 aliphatic rings. The molecule has 21 heavy (non-hydrogen) atoms. The number of aliphatic carboxylic acids is 2. The van der Waals surface area contributed by atoms with E-state index in [9.17, 15) is 27.6 Å². The van der Waals surface area contributed by atoms with Crippen LogP contribution in [0.3, 0.4) is 0 Å². The Labute approximate surface area is 117 Å². The molecule has 0 aromatic heterocycles. The van der Waals surface area contributed by atoms with E-state index >= 15 is 0 Å². The Balaban J connectivity index is 3.13. The third kappa shape index (κ3) is 3.80. The molecule has 0 aliphatic heterocycles. The molecule has 0 heterocycles. The fourth-order valence-corrected chi connectivity index (χ4v) is 1.81. The summed E-state index contributed by atoms with van der Waals surface area (Å²) in [5, 5.41) is 17.3. The number of carboxylic acids is 2. The second kappa shape index (κ2) is 6.87. The number of carbonyl (C=O) groups is 3. The highest BCUT2D eigenvalue weighted by atomic mass is 19.3. The van der Waals surface area contributed by atoms with E-state index in [0.717, 1.165) is 12.1 Å². The number of benzene rings is 1. The third-order valence-electron chi connectivity index (χ3n) is 2.85. The van der Waals surface area contributed by atoms with E-state index in [1.165, 1.54) is 18.2 Å². The zero-order valence-electron chi connectivity index (χ0n) is 10.4. The quantitative estimate of drug-likeness (QED) is 0.592. The van der Waals surface area contributed by atoms with Crippen LogP contribution in [-0.4, -0.2) is 40.5 Å². The summed E-state index contributed by atoms with van der Waals surface area (Å²) in [6.45, 7) is 0. The van der Waals surface area contributed by atoms with Crippen LogP contribution in [0, 0.1) is 11.8 Å². The van der Waals surface area contributed by atoms with Crippen LogP contribution in [0.4, 0.5) is 13.2 Å². The number of hydrogen-bond donors (Lipinski definition) is 2. The predicted molar refractivity (Wildman–Crippen MR) is 63.9 cm³/mol. The second-order valence-electron chi connectivity index (χ2n) is 4.20. The zero-order valence-corrected chi connectivity index (χ0v) is 10.4. The lowest BCUT2D eigenvalue weighted by Gasteiger charge is -2.22. The Morgan fingerprint density at radius 2 is 1.38 bits per heavy atom. The van der Waals surface area contributed by atoms with Crippen LogP contribution >= 0.6 is 0 Å². The summed E-state index contributed by atoms with van der Waals surface area (Å²) in [5.74, 6) is -11.1. The maximum atomic E-state index is 14.0. The van der Waals surface area contributed by atoms with Gasteiger partial charge in [-0.1, -0.05) is 30.3 Å². The van der Waals surface area contributed by atoms with Crippen molar-refractivity contribution >= 4 is 17.7 Å².